The predicted octanol–water partition coefficient (Wildman–Crippen LogP) is 3.71. The van der Waals surface area contributed by atoms with Crippen molar-refractivity contribution in [1.29, 1.82) is 0 Å². The number of hydrogen-bond acceptors (Lipinski definition) is 3. The molecule has 1 saturated heterocycles. The van der Waals surface area contributed by atoms with Gasteiger partial charge >= 0.3 is 0 Å². The van der Waals surface area contributed by atoms with E-state index < -0.39 is 0 Å². The number of rotatable bonds is 4. The number of piperidine rings is 1. The van der Waals surface area contributed by atoms with E-state index in [0.29, 0.717) is 12.1 Å². The van der Waals surface area contributed by atoms with Gasteiger partial charge in [0.1, 0.15) is 0 Å². The average Bonchev–Trinajstić information content (AvgIpc) is 2.78. The van der Waals surface area contributed by atoms with Crippen molar-refractivity contribution in [2.24, 2.45) is 5.73 Å². The molecule has 0 saturated carbocycles. The lowest BCUT2D eigenvalue weighted by atomic mass is 9.94. The molecule has 2 N–H and O–H groups in total. The third-order valence-corrected chi connectivity index (χ3v) is 5.35. The van der Waals surface area contributed by atoms with Crippen molar-refractivity contribution in [1.82, 2.24) is 4.90 Å². The van der Waals surface area contributed by atoms with Crippen LogP contribution in [0.2, 0.25) is 0 Å². The Morgan fingerprint density at radius 2 is 2.28 bits per heavy atom. The van der Waals surface area contributed by atoms with Crippen LogP contribution in [0.1, 0.15) is 56.0 Å². The van der Waals surface area contributed by atoms with Gasteiger partial charge in [0.25, 0.3) is 0 Å². The van der Waals surface area contributed by atoms with Crippen LogP contribution in [-0.4, -0.2) is 23.5 Å². The summed E-state index contributed by atoms with van der Waals surface area (Å²) in [7, 11) is 0. The average molecular weight is 266 g/mol. The third kappa shape index (κ3) is 2.79. The van der Waals surface area contributed by atoms with Crippen LogP contribution in [0.3, 0.4) is 0 Å². The van der Waals surface area contributed by atoms with Gasteiger partial charge in [-0.3, -0.25) is 4.90 Å². The Hall–Kier alpha value is -0.380. The van der Waals surface area contributed by atoms with Gasteiger partial charge in [-0.05, 0) is 56.7 Å². The smallest absolute Gasteiger partial charge is 0.0598 e. The van der Waals surface area contributed by atoms with Gasteiger partial charge in [-0.25, -0.2) is 0 Å². The van der Waals surface area contributed by atoms with E-state index in [2.05, 4.69) is 37.1 Å². The van der Waals surface area contributed by atoms with E-state index >= 15 is 0 Å². The van der Waals surface area contributed by atoms with Gasteiger partial charge in [0, 0.05) is 17.0 Å². The standard InChI is InChI=1S/C15H26N2S/c1-4-13(16)14(15-11(2)8-10-18-15)17-9-6-5-7-12(17)3/h8,10,12-14H,4-7,9,16H2,1-3H3. The number of nitrogens with two attached hydrogens (primary N) is 1. The molecule has 3 unspecified atom stereocenters. The van der Waals surface area contributed by atoms with Gasteiger partial charge in [0.05, 0.1) is 6.04 Å². The second-order valence-electron chi connectivity index (χ2n) is 5.57. The van der Waals surface area contributed by atoms with Gasteiger partial charge in [0.2, 0.25) is 0 Å². The van der Waals surface area contributed by atoms with Gasteiger partial charge in [-0.2, -0.15) is 0 Å². The Morgan fingerprint density at radius 1 is 1.50 bits per heavy atom. The highest BCUT2D eigenvalue weighted by Crippen LogP contribution is 2.35. The van der Waals surface area contributed by atoms with Crippen molar-refractivity contribution in [3.05, 3.63) is 21.9 Å². The lowest BCUT2D eigenvalue weighted by Gasteiger charge is -2.42. The molecule has 2 heterocycles. The fourth-order valence-corrected chi connectivity index (χ4v) is 4.16. The van der Waals surface area contributed by atoms with Crippen molar-refractivity contribution in [2.75, 3.05) is 6.54 Å². The number of thiophene rings is 1. The quantitative estimate of drug-likeness (QED) is 0.900. The maximum absolute atomic E-state index is 6.44. The number of hydrogen-bond donors (Lipinski definition) is 1. The molecule has 1 aliphatic rings. The van der Waals surface area contributed by atoms with Crippen LogP contribution >= 0.6 is 11.3 Å². The first-order valence-electron chi connectivity index (χ1n) is 7.20. The minimum absolute atomic E-state index is 0.253. The van der Waals surface area contributed by atoms with Gasteiger partial charge in [-0.1, -0.05) is 13.3 Å². The minimum Gasteiger partial charge on any atom is -0.326 e. The zero-order valence-corrected chi connectivity index (χ0v) is 12.7. The molecule has 102 valence electrons. The molecule has 3 heteroatoms. The Kier molecular flexibility index (Phi) is 4.82. The van der Waals surface area contributed by atoms with E-state index in [9.17, 15) is 0 Å². The topological polar surface area (TPSA) is 29.3 Å². The monoisotopic (exact) mass is 266 g/mol. The Labute approximate surface area is 115 Å². The normalized spacial score (nSPS) is 25.0. The van der Waals surface area contributed by atoms with E-state index in [1.54, 1.807) is 0 Å². The van der Waals surface area contributed by atoms with Crippen molar-refractivity contribution in [2.45, 2.75) is 64.6 Å². The van der Waals surface area contributed by atoms with Crippen LogP contribution in [0, 0.1) is 6.92 Å². The molecule has 0 bridgehead atoms. The Morgan fingerprint density at radius 3 is 2.83 bits per heavy atom. The van der Waals surface area contributed by atoms with E-state index in [1.165, 1.54) is 36.2 Å². The number of likely N-dealkylation sites (tertiary alicyclic amines) is 1. The first-order valence-corrected chi connectivity index (χ1v) is 8.08. The lowest BCUT2D eigenvalue weighted by molar-refractivity contribution is 0.0897. The molecule has 3 atom stereocenters. The van der Waals surface area contributed by atoms with Gasteiger partial charge < -0.3 is 5.73 Å². The number of nitrogens with zero attached hydrogens (tertiary/aromatic N) is 1. The molecule has 1 aromatic heterocycles. The summed E-state index contributed by atoms with van der Waals surface area (Å²) >= 11 is 1.88. The zero-order chi connectivity index (χ0) is 13.1. The highest BCUT2D eigenvalue weighted by molar-refractivity contribution is 7.10. The van der Waals surface area contributed by atoms with Crippen LogP contribution in [-0.2, 0) is 0 Å². The summed E-state index contributed by atoms with van der Waals surface area (Å²) in [4.78, 5) is 4.13. The predicted molar refractivity (Wildman–Crippen MR) is 80.1 cm³/mol. The van der Waals surface area contributed by atoms with Crippen LogP contribution in [0.4, 0.5) is 0 Å². The Bertz CT molecular complexity index is 374. The lowest BCUT2D eigenvalue weighted by Crippen LogP contribution is -2.47. The van der Waals surface area contributed by atoms with E-state index in [0.717, 1.165) is 6.42 Å². The first kappa shape index (κ1) is 14.0. The van der Waals surface area contributed by atoms with Crippen molar-refractivity contribution in [3.63, 3.8) is 0 Å². The summed E-state index contributed by atoms with van der Waals surface area (Å²) < 4.78 is 0. The highest BCUT2D eigenvalue weighted by Gasteiger charge is 2.32. The molecule has 0 aromatic carbocycles. The number of aryl methyl sites for hydroxylation is 1. The molecule has 0 radical (unpaired) electrons. The van der Waals surface area contributed by atoms with E-state index in [1.807, 2.05) is 11.3 Å². The molecule has 2 nitrogen and oxygen atoms in total. The molecule has 0 aliphatic carbocycles. The highest BCUT2D eigenvalue weighted by atomic mass is 32.1. The van der Waals surface area contributed by atoms with E-state index in [-0.39, 0.29) is 6.04 Å². The molecular weight excluding hydrogens is 240 g/mol. The van der Waals surface area contributed by atoms with Gasteiger partial charge in [-0.15, -0.1) is 11.3 Å². The molecule has 18 heavy (non-hydrogen) atoms. The molecule has 2 rings (SSSR count). The fourth-order valence-electron chi connectivity index (χ4n) is 3.04. The van der Waals surface area contributed by atoms with Crippen LogP contribution < -0.4 is 5.73 Å². The molecule has 1 aromatic rings. The van der Waals surface area contributed by atoms with Crippen molar-refractivity contribution >= 4 is 11.3 Å². The third-order valence-electron chi connectivity index (χ3n) is 4.26. The molecule has 1 aliphatic heterocycles. The molecule has 0 amide bonds. The van der Waals surface area contributed by atoms with Crippen LogP contribution in [0.5, 0.6) is 0 Å². The fraction of sp³-hybridized carbons (Fsp3) is 0.733. The van der Waals surface area contributed by atoms with Crippen molar-refractivity contribution in [3.8, 4) is 0 Å². The summed E-state index contributed by atoms with van der Waals surface area (Å²) in [6.07, 6.45) is 5.06. The zero-order valence-electron chi connectivity index (χ0n) is 11.9. The summed E-state index contributed by atoms with van der Waals surface area (Å²) in [5, 5.41) is 2.20. The molecule has 0 spiro atoms. The summed E-state index contributed by atoms with van der Waals surface area (Å²) in [6, 6.07) is 3.57. The maximum Gasteiger partial charge on any atom is 0.0598 e. The van der Waals surface area contributed by atoms with Crippen LogP contribution in [0.25, 0.3) is 0 Å². The SMILES string of the molecule is CCC(N)C(c1sccc1C)N1CCCCC1C. The van der Waals surface area contributed by atoms with Crippen molar-refractivity contribution < 1.29 is 0 Å². The second-order valence-corrected chi connectivity index (χ2v) is 6.52. The summed E-state index contributed by atoms with van der Waals surface area (Å²) in [5.41, 5.74) is 7.84. The minimum atomic E-state index is 0.253. The summed E-state index contributed by atoms with van der Waals surface area (Å²) in [5.74, 6) is 0. The largest absolute Gasteiger partial charge is 0.326 e. The van der Waals surface area contributed by atoms with Crippen LogP contribution in [0.15, 0.2) is 11.4 Å². The molecule has 1 fully saturated rings. The maximum atomic E-state index is 6.44. The molecular formula is C15H26N2S. The second kappa shape index (κ2) is 6.18. The summed E-state index contributed by atoms with van der Waals surface area (Å²) in [6.45, 7) is 7.99. The Balaban J connectivity index is 2.27. The first-order chi connectivity index (χ1) is 8.65. The van der Waals surface area contributed by atoms with Gasteiger partial charge in [0.15, 0.2) is 0 Å². The van der Waals surface area contributed by atoms with E-state index in [4.69, 9.17) is 5.73 Å².